The number of hydrogen-bond acceptors (Lipinski definition) is 2. The van der Waals surface area contributed by atoms with Crippen LogP contribution in [0.15, 0.2) is 18.2 Å². The van der Waals surface area contributed by atoms with Crippen LogP contribution in [0, 0.1) is 19.8 Å². The van der Waals surface area contributed by atoms with Gasteiger partial charge in [-0.05, 0) is 44.2 Å². The number of amides is 2. The second-order valence-corrected chi connectivity index (χ2v) is 6.13. The molecule has 0 bridgehead atoms. The number of nitrogens with one attached hydrogen (secondary N) is 1. The molecule has 1 aromatic rings. The first-order valence-corrected chi connectivity index (χ1v) is 7.60. The third kappa shape index (κ3) is 4.31. The van der Waals surface area contributed by atoms with Crippen LogP contribution in [0.5, 0.6) is 0 Å². The van der Waals surface area contributed by atoms with Gasteiger partial charge < -0.3 is 10.2 Å². The van der Waals surface area contributed by atoms with E-state index in [9.17, 15) is 9.59 Å². The van der Waals surface area contributed by atoms with E-state index in [1.165, 1.54) is 6.42 Å². The summed E-state index contributed by atoms with van der Waals surface area (Å²) in [5.41, 5.74) is 2.96. The maximum Gasteiger partial charge on any atom is 0.233 e. The van der Waals surface area contributed by atoms with Gasteiger partial charge in [0.25, 0.3) is 0 Å². The van der Waals surface area contributed by atoms with Gasteiger partial charge in [0, 0.05) is 18.8 Å². The molecule has 1 heterocycles. The minimum atomic E-state index is -0.231. The Hall–Kier alpha value is -1.84. The van der Waals surface area contributed by atoms with Gasteiger partial charge >= 0.3 is 0 Å². The highest BCUT2D eigenvalue weighted by Crippen LogP contribution is 2.18. The number of likely N-dealkylation sites (tertiary alicyclic amines) is 1. The van der Waals surface area contributed by atoms with Gasteiger partial charge in [0.2, 0.25) is 11.8 Å². The number of carbonyl (C=O) groups excluding carboxylic acids is 2. The van der Waals surface area contributed by atoms with Gasteiger partial charge in [-0.25, -0.2) is 0 Å². The highest BCUT2D eigenvalue weighted by Gasteiger charge is 2.22. The predicted molar refractivity (Wildman–Crippen MR) is 84.1 cm³/mol. The molecular weight excluding hydrogens is 264 g/mol. The molecule has 1 N–H and O–H groups in total. The number of benzene rings is 1. The Morgan fingerprint density at radius 2 is 2.10 bits per heavy atom. The first kappa shape index (κ1) is 15.5. The summed E-state index contributed by atoms with van der Waals surface area (Å²) in [6.07, 6.45) is 2.13. The monoisotopic (exact) mass is 288 g/mol. The van der Waals surface area contributed by atoms with Gasteiger partial charge in [0.1, 0.15) is 6.42 Å². The summed E-state index contributed by atoms with van der Waals surface area (Å²) >= 11 is 0. The van der Waals surface area contributed by atoms with Gasteiger partial charge in [-0.1, -0.05) is 24.6 Å². The Morgan fingerprint density at radius 3 is 2.76 bits per heavy atom. The Bertz CT molecular complexity index is 540. The van der Waals surface area contributed by atoms with E-state index in [1.807, 2.05) is 36.9 Å². The van der Waals surface area contributed by atoms with Gasteiger partial charge in [-0.15, -0.1) is 0 Å². The third-order valence-electron chi connectivity index (χ3n) is 3.98. The van der Waals surface area contributed by atoms with Crippen molar-refractivity contribution < 1.29 is 9.59 Å². The fraction of sp³-hybridized carbons (Fsp3) is 0.529. The van der Waals surface area contributed by atoms with Gasteiger partial charge in [0.15, 0.2) is 0 Å². The highest BCUT2D eigenvalue weighted by molar-refractivity contribution is 6.03. The van der Waals surface area contributed by atoms with Crippen LogP contribution in [0.4, 0.5) is 5.69 Å². The zero-order valence-corrected chi connectivity index (χ0v) is 13.1. The van der Waals surface area contributed by atoms with E-state index in [4.69, 9.17) is 0 Å². The molecule has 114 valence electrons. The van der Waals surface area contributed by atoms with Gasteiger partial charge in [-0.2, -0.15) is 0 Å². The maximum absolute atomic E-state index is 12.1. The van der Waals surface area contributed by atoms with E-state index in [0.717, 1.165) is 36.3 Å². The molecule has 0 saturated carbocycles. The van der Waals surface area contributed by atoms with E-state index in [-0.39, 0.29) is 18.2 Å². The number of hydrogen-bond donors (Lipinski definition) is 1. The molecule has 1 aliphatic rings. The number of anilines is 1. The number of aryl methyl sites for hydroxylation is 2. The van der Waals surface area contributed by atoms with Crippen molar-refractivity contribution in [2.45, 2.75) is 40.0 Å². The lowest BCUT2D eigenvalue weighted by Crippen LogP contribution is -2.40. The summed E-state index contributed by atoms with van der Waals surface area (Å²) in [5, 5.41) is 2.83. The molecule has 1 fully saturated rings. The fourth-order valence-electron chi connectivity index (χ4n) is 2.81. The zero-order valence-electron chi connectivity index (χ0n) is 13.1. The molecule has 1 aromatic carbocycles. The molecule has 1 aliphatic heterocycles. The minimum Gasteiger partial charge on any atom is -0.342 e. The first-order valence-electron chi connectivity index (χ1n) is 7.60. The molecule has 0 aromatic heterocycles. The summed E-state index contributed by atoms with van der Waals surface area (Å²) in [6, 6.07) is 5.86. The molecule has 1 atom stereocenters. The topological polar surface area (TPSA) is 49.4 Å². The Labute approximate surface area is 126 Å². The van der Waals surface area contributed by atoms with Crippen molar-refractivity contribution in [3.05, 3.63) is 29.3 Å². The fourth-order valence-corrected chi connectivity index (χ4v) is 2.81. The van der Waals surface area contributed by atoms with Crippen LogP contribution in [0.1, 0.15) is 37.3 Å². The van der Waals surface area contributed by atoms with Crippen LogP contribution >= 0.6 is 0 Å². The van der Waals surface area contributed by atoms with Crippen molar-refractivity contribution >= 4 is 17.5 Å². The van der Waals surface area contributed by atoms with Crippen LogP contribution in [-0.2, 0) is 9.59 Å². The van der Waals surface area contributed by atoms with Crippen molar-refractivity contribution in [1.82, 2.24) is 4.90 Å². The predicted octanol–water partition coefficient (Wildman–Crippen LogP) is 2.89. The Balaban J connectivity index is 1.90. The largest absolute Gasteiger partial charge is 0.342 e. The number of nitrogens with zero attached hydrogens (tertiary/aromatic N) is 1. The van der Waals surface area contributed by atoms with Crippen LogP contribution in [-0.4, -0.2) is 29.8 Å². The summed E-state index contributed by atoms with van der Waals surface area (Å²) < 4.78 is 0. The lowest BCUT2D eigenvalue weighted by molar-refractivity contribution is -0.136. The van der Waals surface area contributed by atoms with Crippen LogP contribution in [0.2, 0.25) is 0 Å². The lowest BCUT2D eigenvalue weighted by Gasteiger charge is -2.30. The molecule has 2 amide bonds. The van der Waals surface area contributed by atoms with Crippen molar-refractivity contribution in [3.63, 3.8) is 0 Å². The van der Waals surface area contributed by atoms with E-state index in [2.05, 4.69) is 12.2 Å². The number of carbonyl (C=O) groups is 2. The number of piperidine rings is 1. The summed E-state index contributed by atoms with van der Waals surface area (Å²) in [4.78, 5) is 26.0. The molecule has 0 aliphatic carbocycles. The molecule has 0 radical (unpaired) electrons. The average Bonchev–Trinajstić information content (AvgIpc) is 2.42. The van der Waals surface area contributed by atoms with Crippen molar-refractivity contribution in [3.8, 4) is 0 Å². The van der Waals surface area contributed by atoms with Gasteiger partial charge in [-0.3, -0.25) is 9.59 Å². The minimum absolute atomic E-state index is 0.0659. The third-order valence-corrected chi connectivity index (χ3v) is 3.98. The maximum atomic E-state index is 12.1. The molecule has 4 nitrogen and oxygen atoms in total. The van der Waals surface area contributed by atoms with Gasteiger partial charge in [0.05, 0.1) is 0 Å². The quantitative estimate of drug-likeness (QED) is 0.869. The second kappa shape index (κ2) is 6.74. The second-order valence-electron chi connectivity index (χ2n) is 6.13. The molecule has 0 spiro atoms. The smallest absolute Gasteiger partial charge is 0.233 e. The standard InChI is InChI=1S/C17H24N2O2/c1-12-6-7-15(14(3)9-12)18-16(20)10-17(21)19-8-4-5-13(2)11-19/h6-7,9,13H,4-5,8,10-11H2,1-3H3,(H,18,20). The summed E-state index contributed by atoms with van der Waals surface area (Å²) in [7, 11) is 0. The van der Waals surface area contributed by atoms with E-state index >= 15 is 0 Å². The first-order chi connectivity index (χ1) is 9.95. The normalized spacial score (nSPS) is 18.4. The molecule has 2 rings (SSSR count). The van der Waals surface area contributed by atoms with Crippen LogP contribution in [0.25, 0.3) is 0 Å². The van der Waals surface area contributed by atoms with Crippen molar-refractivity contribution in [2.75, 3.05) is 18.4 Å². The van der Waals surface area contributed by atoms with E-state index in [1.54, 1.807) is 0 Å². The zero-order chi connectivity index (χ0) is 15.4. The number of rotatable bonds is 3. The summed E-state index contributed by atoms with van der Waals surface area (Å²) in [5.74, 6) is 0.235. The Morgan fingerprint density at radius 1 is 1.33 bits per heavy atom. The average molecular weight is 288 g/mol. The Kier molecular flexibility index (Phi) is 4.99. The van der Waals surface area contributed by atoms with Crippen molar-refractivity contribution in [1.29, 1.82) is 0 Å². The molecule has 1 saturated heterocycles. The van der Waals surface area contributed by atoms with E-state index < -0.39 is 0 Å². The molecule has 1 unspecified atom stereocenters. The summed E-state index contributed by atoms with van der Waals surface area (Å²) in [6.45, 7) is 7.67. The SMILES string of the molecule is Cc1ccc(NC(=O)CC(=O)N2CCCC(C)C2)c(C)c1. The molecule has 4 heteroatoms. The lowest BCUT2D eigenvalue weighted by atomic mass is 10.00. The highest BCUT2D eigenvalue weighted by atomic mass is 16.2. The van der Waals surface area contributed by atoms with Crippen molar-refractivity contribution in [2.24, 2.45) is 5.92 Å². The van der Waals surface area contributed by atoms with Crippen LogP contribution in [0.3, 0.4) is 0 Å². The molecular formula is C17H24N2O2. The van der Waals surface area contributed by atoms with E-state index in [0.29, 0.717) is 5.92 Å². The van der Waals surface area contributed by atoms with Crippen LogP contribution < -0.4 is 5.32 Å². The molecule has 21 heavy (non-hydrogen) atoms.